The fourth-order valence-electron chi connectivity index (χ4n) is 1.22. The van der Waals surface area contributed by atoms with Gasteiger partial charge in [0.25, 0.3) is 5.69 Å². The number of nitrogens with zero attached hydrogens (tertiary/aromatic N) is 1. The van der Waals surface area contributed by atoms with E-state index in [1.165, 1.54) is 13.2 Å². The lowest BCUT2D eigenvalue weighted by molar-refractivity contribution is -0.385. The molecule has 0 aromatic heterocycles. The van der Waals surface area contributed by atoms with E-state index in [9.17, 15) is 14.9 Å². The van der Waals surface area contributed by atoms with Crippen molar-refractivity contribution in [1.82, 2.24) is 0 Å². The van der Waals surface area contributed by atoms with Crippen molar-refractivity contribution in [2.45, 2.75) is 6.92 Å². The molecule has 1 amide bonds. The number of nitrogens with two attached hydrogens (primary N) is 1. The number of hydrogen-bond donors (Lipinski definition) is 1. The molecule has 0 unspecified atom stereocenters. The zero-order chi connectivity index (χ0) is 11.6. The molecule has 0 aliphatic rings. The summed E-state index contributed by atoms with van der Waals surface area (Å²) in [7, 11) is 1.37. The number of amides is 1. The van der Waals surface area contributed by atoms with Gasteiger partial charge in [-0.1, -0.05) is 0 Å². The Labute approximate surface area is 85.8 Å². The molecule has 0 atom stereocenters. The molecular formula is C9H10N2O4. The predicted octanol–water partition coefficient (Wildman–Crippen LogP) is 1.01. The second-order valence-corrected chi connectivity index (χ2v) is 2.94. The molecule has 15 heavy (non-hydrogen) atoms. The van der Waals surface area contributed by atoms with Crippen LogP contribution in [-0.4, -0.2) is 17.9 Å². The zero-order valence-electron chi connectivity index (χ0n) is 8.31. The minimum Gasteiger partial charge on any atom is -0.496 e. The summed E-state index contributed by atoms with van der Waals surface area (Å²) in [5.41, 5.74) is 5.29. The number of methoxy groups -OCH3 is 1. The van der Waals surface area contributed by atoms with E-state index in [-0.39, 0.29) is 17.0 Å². The Morgan fingerprint density at radius 1 is 1.53 bits per heavy atom. The topological polar surface area (TPSA) is 95.5 Å². The summed E-state index contributed by atoms with van der Waals surface area (Å²) in [6.07, 6.45) is 0. The van der Waals surface area contributed by atoms with Crippen LogP contribution in [0.4, 0.5) is 5.69 Å². The first-order valence-corrected chi connectivity index (χ1v) is 4.10. The molecule has 80 valence electrons. The largest absolute Gasteiger partial charge is 0.496 e. The van der Waals surface area contributed by atoms with Crippen LogP contribution in [0.25, 0.3) is 0 Å². The molecule has 6 nitrogen and oxygen atoms in total. The summed E-state index contributed by atoms with van der Waals surface area (Å²) in [6.45, 7) is 1.54. The van der Waals surface area contributed by atoms with Gasteiger partial charge in [-0.25, -0.2) is 0 Å². The molecule has 1 aromatic carbocycles. The van der Waals surface area contributed by atoms with Gasteiger partial charge in [-0.05, 0) is 13.0 Å². The average molecular weight is 210 g/mol. The van der Waals surface area contributed by atoms with Crippen molar-refractivity contribution in [3.05, 3.63) is 33.4 Å². The molecule has 0 saturated carbocycles. The number of rotatable bonds is 3. The van der Waals surface area contributed by atoms with Crippen LogP contribution in [0.2, 0.25) is 0 Å². The number of carbonyl (C=O) groups is 1. The highest BCUT2D eigenvalue weighted by Crippen LogP contribution is 2.28. The number of primary amides is 1. The Balaban J connectivity index is 3.45. The van der Waals surface area contributed by atoms with E-state index in [1.54, 1.807) is 6.92 Å². The molecule has 0 aliphatic heterocycles. The molecule has 0 bridgehead atoms. The summed E-state index contributed by atoms with van der Waals surface area (Å²) < 4.78 is 4.91. The van der Waals surface area contributed by atoms with Crippen molar-refractivity contribution in [1.29, 1.82) is 0 Å². The third-order valence-electron chi connectivity index (χ3n) is 2.03. The van der Waals surface area contributed by atoms with Crippen molar-refractivity contribution in [3.63, 3.8) is 0 Å². The van der Waals surface area contributed by atoms with E-state index >= 15 is 0 Å². The summed E-state index contributed by atoms with van der Waals surface area (Å²) in [4.78, 5) is 21.0. The summed E-state index contributed by atoms with van der Waals surface area (Å²) in [5, 5.41) is 10.7. The summed E-state index contributed by atoms with van der Waals surface area (Å²) in [6, 6.07) is 2.52. The van der Waals surface area contributed by atoms with Gasteiger partial charge >= 0.3 is 0 Å². The van der Waals surface area contributed by atoms with Gasteiger partial charge in [0.05, 0.1) is 17.6 Å². The van der Waals surface area contributed by atoms with E-state index in [0.29, 0.717) is 5.56 Å². The van der Waals surface area contributed by atoms with Crippen molar-refractivity contribution < 1.29 is 14.5 Å². The monoisotopic (exact) mass is 210 g/mol. The predicted molar refractivity (Wildman–Crippen MR) is 52.9 cm³/mol. The lowest BCUT2D eigenvalue weighted by atomic mass is 10.1. The van der Waals surface area contributed by atoms with Crippen LogP contribution in [0.3, 0.4) is 0 Å². The number of carbonyl (C=O) groups excluding carboxylic acids is 1. The lowest BCUT2D eigenvalue weighted by Gasteiger charge is -2.06. The fourth-order valence-corrected chi connectivity index (χ4v) is 1.22. The average Bonchev–Trinajstić information content (AvgIpc) is 2.17. The SMILES string of the molecule is COc1cc(C(N)=O)cc([N+](=O)[O-])c1C. The highest BCUT2D eigenvalue weighted by Gasteiger charge is 2.18. The van der Waals surface area contributed by atoms with Gasteiger partial charge in [0.2, 0.25) is 5.91 Å². The van der Waals surface area contributed by atoms with E-state index in [0.717, 1.165) is 6.07 Å². The van der Waals surface area contributed by atoms with Gasteiger partial charge in [-0.3, -0.25) is 14.9 Å². The molecule has 0 aliphatic carbocycles. The highest BCUT2D eigenvalue weighted by atomic mass is 16.6. The molecule has 1 rings (SSSR count). The normalized spacial score (nSPS) is 9.73. The van der Waals surface area contributed by atoms with E-state index < -0.39 is 10.8 Å². The molecule has 0 radical (unpaired) electrons. The Kier molecular flexibility index (Phi) is 2.89. The Hall–Kier alpha value is -2.11. The number of ether oxygens (including phenoxy) is 1. The quantitative estimate of drug-likeness (QED) is 0.594. The molecular weight excluding hydrogens is 200 g/mol. The van der Waals surface area contributed by atoms with Crippen LogP contribution in [0, 0.1) is 17.0 Å². The molecule has 0 fully saturated rings. The lowest BCUT2D eigenvalue weighted by Crippen LogP contribution is -2.12. The second-order valence-electron chi connectivity index (χ2n) is 2.94. The third-order valence-corrected chi connectivity index (χ3v) is 2.03. The first-order chi connectivity index (χ1) is 6.97. The van der Waals surface area contributed by atoms with Gasteiger partial charge in [0.1, 0.15) is 5.75 Å². The number of nitro groups is 1. The van der Waals surface area contributed by atoms with Crippen LogP contribution in [0.15, 0.2) is 12.1 Å². The van der Waals surface area contributed by atoms with E-state index in [1.807, 2.05) is 0 Å². The molecule has 2 N–H and O–H groups in total. The molecule has 0 saturated heterocycles. The molecule has 6 heteroatoms. The van der Waals surface area contributed by atoms with E-state index in [4.69, 9.17) is 10.5 Å². The van der Waals surface area contributed by atoms with Gasteiger partial charge in [0, 0.05) is 11.6 Å². The maximum absolute atomic E-state index is 10.9. The molecule has 0 heterocycles. The van der Waals surface area contributed by atoms with Crippen LogP contribution in [-0.2, 0) is 0 Å². The van der Waals surface area contributed by atoms with Gasteiger partial charge < -0.3 is 10.5 Å². The zero-order valence-corrected chi connectivity index (χ0v) is 8.31. The number of benzene rings is 1. The Morgan fingerprint density at radius 3 is 2.53 bits per heavy atom. The first-order valence-electron chi connectivity index (χ1n) is 4.10. The minimum atomic E-state index is -0.726. The summed E-state index contributed by atoms with van der Waals surface area (Å²) >= 11 is 0. The van der Waals surface area contributed by atoms with Crippen molar-refractivity contribution in [3.8, 4) is 5.75 Å². The molecule has 1 aromatic rings. The smallest absolute Gasteiger partial charge is 0.276 e. The maximum atomic E-state index is 10.9. The second kappa shape index (κ2) is 3.95. The third kappa shape index (κ3) is 2.04. The Bertz CT molecular complexity index is 428. The van der Waals surface area contributed by atoms with Crippen LogP contribution in [0.5, 0.6) is 5.75 Å². The van der Waals surface area contributed by atoms with Gasteiger partial charge in [-0.15, -0.1) is 0 Å². The van der Waals surface area contributed by atoms with Gasteiger partial charge in [-0.2, -0.15) is 0 Å². The number of nitro benzene ring substituents is 1. The van der Waals surface area contributed by atoms with Crippen LogP contribution in [0.1, 0.15) is 15.9 Å². The van der Waals surface area contributed by atoms with E-state index in [2.05, 4.69) is 0 Å². The van der Waals surface area contributed by atoms with Gasteiger partial charge in [0.15, 0.2) is 0 Å². The summed E-state index contributed by atoms with van der Waals surface area (Å²) in [5.74, 6) is -0.450. The Morgan fingerprint density at radius 2 is 2.13 bits per heavy atom. The van der Waals surface area contributed by atoms with Crippen molar-refractivity contribution in [2.75, 3.05) is 7.11 Å². The minimum absolute atomic E-state index is 0.0594. The van der Waals surface area contributed by atoms with Crippen molar-refractivity contribution in [2.24, 2.45) is 5.73 Å². The molecule has 0 spiro atoms. The highest BCUT2D eigenvalue weighted by molar-refractivity contribution is 5.94. The first kappa shape index (κ1) is 11.0. The van der Waals surface area contributed by atoms with Crippen LogP contribution >= 0.6 is 0 Å². The number of hydrogen-bond acceptors (Lipinski definition) is 4. The van der Waals surface area contributed by atoms with Crippen molar-refractivity contribution >= 4 is 11.6 Å². The fraction of sp³-hybridized carbons (Fsp3) is 0.222. The van der Waals surface area contributed by atoms with Crippen LogP contribution < -0.4 is 10.5 Å². The maximum Gasteiger partial charge on any atom is 0.276 e. The standard InChI is InChI=1S/C9H10N2O4/c1-5-7(11(13)14)3-6(9(10)12)4-8(5)15-2/h3-4H,1-2H3,(H2,10,12).